The maximum atomic E-state index is 11.9. The minimum absolute atomic E-state index is 0.00190. The van der Waals surface area contributed by atoms with E-state index in [9.17, 15) is 9.59 Å². The largest absolute Gasteiger partial charge is 0.352 e. The van der Waals surface area contributed by atoms with Gasteiger partial charge in [0.05, 0.1) is 10.2 Å². The van der Waals surface area contributed by atoms with Crippen molar-refractivity contribution < 1.29 is 9.59 Å². The second-order valence-corrected chi connectivity index (χ2v) is 7.34. The molecule has 104 valence electrons. The number of thiophene rings is 1. The maximum absolute atomic E-state index is 11.9. The van der Waals surface area contributed by atoms with Gasteiger partial charge in [-0.3, -0.25) is 9.59 Å². The number of nitrogens with zero attached hydrogens (tertiary/aromatic N) is 1. The number of halogens is 1. The Morgan fingerprint density at radius 3 is 2.95 bits per heavy atom. The molecule has 0 aliphatic carbocycles. The van der Waals surface area contributed by atoms with E-state index in [2.05, 4.69) is 21.2 Å². The Morgan fingerprint density at radius 2 is 2.37 bits per heavy atom. The third-order valence-electron chi connectivity index (χ3n) is 3.04. The highest BCUT2D eigenvalue weighted by Gasteiger charge is 2.22. The van der Waals surface area contributed by atoms with Crippen molar-refractivity contribution in [1.82, 2.24) is 10.2 Å². The van der Waals surface area contributed by atoms with Crippen LogP contribution in [0, 0.1) is 0 Å². The number of hydrogen-bond donors (Lipinski definition) is 1. The molecule has 0 radical (unpaired) electrons. The lowest BCUT2D eigenvalue weighted by atomic mass is 10.2. The first-order valence-corrected chi connectivity index (χ1v) is 7.97. The van der Waals surface area contributed by atoms with Gasteiger partial charge in [-0.15, -0.1) is 11.3 Å². The fourth-order valence-electron chi connectivity index (χ4n) is 2.20. The predicted molar refractivity (Wildman–Crippen MR) is 79.1 cm³/mol. The van der Waals surface area contributed by atoms with Gasteiger partial charge in [0.2, 0.25) is 11.8 Å². The molecule has 0 spiro atoms. The summed E-state index contributed by atoms with van der Waals surface area (Å²) < 4.78 is 1.03. The molecule has 1 saturated heterocycles. The van der Waals surface area contributed by atoms with Crippen LogP contribution in [0.2, 0.25) is 0 Å². The molecule has 1 N–H and O–H groups in total. The second-order valence-electron chi connectivity index (χ2n) is 4.79. The minimum atomic E-state index is -0.00190. The topological polar surface area (TPSA) is 49.4 Å². The smallest absolute Gasteiger partial charge is 0.225 e. The van der Waals surface area contributed by atoms with Crippen molar-refractivity contribution in [2.75, 3.05) is 13.1 Å². The summed E-state index contributed by atoms with van der Waals surface area (Å²) in [6, 6.07) is 3.89. The summed E-state index contributed by atoms with van der Waals surface area (Å²) in [5, 5.41) is 2.94. The molecule has 1 aromatic rings. The van der Waals surface area contributed by atoms with Gasteiger partial charge in [-0.1, -0.05) is 0 Å². The van der Waals surface area contributed by atoms with Gasteiger partial charge in [-0.2, -0.15) is 0 Å². The van der Waals surface area contributed by atoms with Crippen molar-refractivity contribution in [3.63, 3.8) is 0 Å². The second kappa shape index (κ2) is 6.52. The highest BCUT2D eigenvalue weighted by molar-refractivity contribution is 9.11. The predicted octanol–water partition coefficient (Wildman–Crippen LogP) is 2.18. The van der Waals surface area contributed by atoms with E-state index in [1.165, 1.54) is 0 Å². The Hall–Kier alpha value is -0.880. The summed E-state index contributed by atoms with van der Waals surface area (Å²) in [7, 11) is 0. The quantitative estimate of drug-likeness (QED) is 0.889. The summed E-state index contributed by atoms with van der Waals surface area (Å²) in [5.74, 6) is 0.205. The molecule has 19 heavy (non-hydrogen) atoms. The van der Waals surface area contributed by atoms with Gasteiger partial charge in [0.15, 0.2) is 0 Å². The zero-order chi connectivity index (χ0) is 13.8. The van der Waals surface area contributed by atoms with E-state index in [1.807, 2.05) is 24.0 Å². The van der Waals surface area contributed by atoms with E-state index < -0.39 is 0 Å². The number of likely N-dealkylation sites (tertiary alicyclic amines) is 1. The lowest BCUT2D eigenvalue weighted by Crippen LogP contribution is -2.42. The minimum Gasteiger partial charge on any atom is -0.352 e. The van der Waals surface area contributed by atoms with Crippen LogP contribution in [-0.4, -0.2) is 35.8 Å². The van der Waals surface area contributed by atoms with Gasteiger partial charge in [-0.05, 0) is 41.4 Å². The molecule has 1 aromatic heterocycles. The highest BCUT2D eigenvalue weighted by atomic mass is 79.9. The van der Waals surface area contributed by atoms with E-state index >= 15 is 0 Å². The van der Waals surface area contributed by atoms with E-state index in [4.69, 9.17) is 0 Å². The molecule has 2 amide bonds. The average molecular weight is 345 g/mol. The Bertz CT molecular complexity index is 475. The van der Waals surface area contributed by atoms with Crippen LogP contribution in [0.4, 0.5) is 0 Å². The summed E-state index contributed by atoms with van der Waals surface area (Å²) in [5.41, 5.74) is 0. The van der Waals surface area contributed by atoms with Crippen molar-refractivity contribution in [3.8, 4) is 0 Å². The zero-order valence-corrected chi connectivity index (χ0v) is 13.2. The summed E-state index contributed by atoms with van der Waals surface area (Å²) >= 11 is 4.95. The summed E-state index contributed by atoms with van der Waals surface area (Å²) in [6.07, 6.45) is 1.97. The Morgan fingerprint density at radius 1 is 1.58 bits per heavy atom. The fourth-order valence-corrected chi connectivity index (χ4v) is 3.69. The molecule has 6 heteroatoms. The number of amides is 2. The molecule has 0 aromatic carbocycles. The van der Waals surface area contributed by atoms with E-state index in [-0.39, 0.29) is 17.9 Å². The van der Waals surface area contributed by atoms with Crippen molar-refractivity contribution in [3.05, 3.63) is 20.8 Å². The standard InChI is InChI=1S/C13H17BrN2O2S/c1-9(8-16-6-2-3-13(16)18)15-12(17)7-10-4-5-11(14)19-10/h4-5,9H,2-3,6-8H2,1H3,(H,15,17). The Balaban J connectivity index is 1.76. The average Bonchev–Trinajstić information content (AvgIpc) is 2.89. The van der Waals surface area contributed by atoms with E-state index in [0.717, 1.165) is 21.6 Å². The molecule has 1 aliphatic rings. The van der Waals surface area contributed by atoms with Crippen LogP contribution in [0.3, 0.4) is 0 Å². The van der Waals surface area contributed by atoms with Crippen LogP contribution in [0.15, 0.2) is 15.9 Å². The van der Waals surface area contributed by atoms with Gasteiger partial charge in [0, 0.05) is 30.4 Å². The Labute approximate surface area is 125 Å². The Kier molecular flexibility index (Phi) is 4.99. The highest BCUT2D eigenvalue weighted by Crippen LogP contribution is 2.22. The number of carbonyl (C=O) groups excluding carboxylic acids is 2. The number of carbonyl (C=O) groups is 2. The van der Waals surface area contributed by atoms with Crippen molar-refractivity contribution in [1.29, 1.82) is 0 Å². The first kappa shape index (κ1) is 14.5. The molecular weight excluding hydrogens is 328 g/mol. The van der Waals surface area contributed by atoms with Gasteiger partial charge in [0.25, 0.3) is 0 Å². The third-order valence-corrected chi connectivity index (χ3v) is 4.66. The van der Waals surface area contributed by atoms with Gasteiger partial charge in [-0.25, -0.2) is 0 Å². The molecule has 2 rings (SSSR count). The molecule has 1 unspecified atom stereocenters. The van der Waals surface area contributed by atoms with Crippen LogP contribution in [0.25, 0.3) is 0 Å². The van der Waals surface area contributed by atoms with E-state index in [1.54, 1.807) is 11.3 Å². The number of nitrogens with one attached hydrogen (secondary N) is 1. The SMILES string of the molecule is CC(CN1CCCC1=O)NC(=O)Cc1ccc(Br)s1. The van der Waals surface area contributed by atoms with Crippen molar-refractivity contribution >= 4 is 39.1 Å². The van der Waals surface area contributed by atoms with Gasteiger partial charge < -0.3 is 10.2 Å². The molecule has 0 saturated carbocycles. The molecule has 1 atom stereocenters. The third kappa shape index (κ3) is 4.31. The monoisotopic (exact) mass is 344 g/mol. The number of hydrogen-bond acceptors (Lipinski definition) is 3. The molecule has 2 heterocycles. The maximum Gasteiger partial charge on any atom is 0.225 e. The van der Waals surface area contributed by atoms with Crippen LogP contribution in [0.5, 0.6) is 0 Å². The van der Waals surface area contributed by atoms with E-state index in [0.29, 0.717) is 19.4 Å². The summed E-state index contributed by atoms with van der Waals surface area (Å²) in [6.45, 7) is 3.36. The lowest BCUT2D eigenvalue weighted by molar-refractivity contribution is -0.129. The molecule has 1 fully saturated rings. The molecule has 1 aliphatic heterocycles. The van der Waals surface area contributed by atoms with Crippen LogP contribution in [0.1, 0.15) is 24.6 Å². The first-order chi connectivity index (χ1) is 9.04. The molecule has 0 bridgehead atoms. The number of rotatable bonds is 5. The normalized spacial score (nSPS) is 16.7. The van der Waals surface area contributed by atoms with Crippen LogP contribution >= 0.6 is 27.3 Å². The fraction of sp³-hybridized carbons (Fsp3) is 0.538. The van der Waals surface area contributed by atoms with Gasteiger partial charge >= 0.3 is 0 Å². The molecular formula is C13H17BrN2O2S. The van der Waals surface area contributed by atoms with Crippen LogP contribution < -0.4 is 5.32 Å². The summed E-state index contributed by atoms with van der Waals surface area (Å²) in [4.78, 5) is 26.2. The lowest BCUT2D eigenvalue weighted by Gasteiger charge is -2.21. The van der Waals surface area contributed by atoms with Gasteiger partial charge in [0.1, 0.15) is 0 Å². The zero-order valence-electron chi connectivity index (χ0n) is 10.8. The first-order valence-electron chi connectivity index (χ1n) is 6.36. The molecule has 4 nitrogen and oxygen atoms in total. The van der Waals surface area contributed by atoms with Crippen molar-refractivity contribution in [2.45, 2.75) is 32.2 Å². The van der Waals surface area contributed by atoms with Crippen molar-refractivity contribution in [2.24, 2.45) is 0 Å². The van der Waals surface area contributed by atoms with Crippen LogP contribution in [-0.2, 0) is 16.0 Å².